The Morgan fingerprint density at radius 2 is 1.67 bits per heavy atom. The van der Waals surface area contributed by atoms with E-state index >= 15 is 0 Å². The van der Waals surface area contributed by atoms with Gasteiger partial charge in [-0.1, -0.05) is 6.07 Å². The highest BCUT2D eigenvalue weighted by atomic mass is 19.1. The third-order valence-corrected chi connectivity index (χ3v) is 3.25. The van der Waals surface area contributed by atoms with Gasteiger partial charge in [0.15, 0.2) is 11.6 Å². The van der Waals surface area contributed by atoms with Crippen molar-refractivity contribution in [1.82, 2.24) is 0 Å². The number of halogens is 3. The first-order valence-corrected chi connectivity index (χ1v) is 6.33. The summed E-state index contributed by atoms with van der Waals surface area (Å²) in [6.07, 6.45) is 0.0107. The van der Waals surface area contributed by atoms with Crippen molar-refractivity contribution in [2.45, 2.75) is 18.9 Å². The molecule has 112 valence electrons. The SMILES string of the molecule is COc1ccc(CC(C)(O)c2cc(F)cc(F)c2)cc1F. The van der Waals surface area contributed by atoms with Gasteiger partial charge in [0.25, 0.3) is 0 Å². The molecule has 0 heterocycles. The van der Waals surface area contributed by atoms with Crippen LogP contribution in [-0.4, -0.2) is 12.2 Å². The molecule has 0 amide bonds. The molecule has 0 aliphatic rings. The molecule has 2 rings (SSSR count). The van der Waals surface area contributed by atoms with Crippen molar-refractivity contribution in [2.75, 3.05) is 7.11 Å². The van der Waals surface area contributed by atoms with Crippen LogP contribution < -0.4 is 4.74 Å². The van der Waals surface area contributed by atoms with Crippen LogP contribution in [0.4, 0.5) is 13.2 Å². The van der Waals surface area contributed by atoms with Gasteiger partial charge in [0, 0.05) is 12.5 Å². The van der Waals surface area contributed by atoms with Crippen LogP contribution in [0.2, 0.25) is 0 Å². The molecule has 1 atom stereocenters. The maximum Gasteiger partial charge on any atom is 0.165 e. The molecule has 0 radical (unpaired) electrons. The van der Waals surface area contributed by atoms with Crippen molar-refractivity contribution >= 4 is 0 Å². The number of rotatable bonds is 4. The zero-order chi connectivity index (χ0) is 15.6. The van der Waals surface area contributed by atoms with E-state index in [9.17, 15) is 18.3 Å². The van der Waals surface area contributed by atoms with Crippen molar-refractivity contribution in [3.8, 4) is 5.75 Å². The molecule has 0 aliphatic carbocycles. The molecule has 0 spiro atoms. The van der Waals surface area contributed by atoms with Crippen molar-refractivity contribution in [1.29, 1.82) is 0 Å². The number of ether oxygens (including phenoxy) is 1. The Bertz CT molecular complexity index is 634. The largest absolute Gasteiger partial charge is 0.494 e. The van der Waals surface area contributed by atoms with E-state index in [2.05, 4.69) is 0 Å². The minimum absolute atomic E-state index is 0.0107. The first kappa shape index (κ1) is 15.4. The van der Waals surface area contributed by atoms with Gasteiger partial charge in [0.05, 0.1) is 12.7 Å². The van der Waals surface area contributed by atoms with Gasteiger partial charge in [-0.15, -0.1) is 0 Å². The van der Waals surface area contributed by atoms with Gasteiger partial charge >= 0.3 is 0 Å². The van der Waals surface area contributed by atoms with E-state index in [1.807, 2.05) is 0 Å². The average molecular weight is 296 g/mol. The molecule has 0 aromatic heterocycles. The summed E-state index contributed by atoms with van der Waals surface area (Å²) in [5.41, 5.74) is -0.941. The molecule has 2 nitrogen and oxygen atoms in total. The van der Waals surface area contributed by atoms with Crippen LogP contribution in [0.5, 0.6) is 5.75 Å². The number of hydrogen-bond donors (Lipinski definition) is 1. The fourth-order valence-corrected chi connectivity index (χ4v) is 2.18. The molecule has 21 heavy (non-hydrogen) atoms. The average Bonchev–Trinajstić information content (AvgIpc) is 2.37. The Labute approximate surface area is 120 Å². The number of benzene rings is 2. The van der Waals surface area contributed by atoms with Crippen LogP contribution in [0, 0.1) is 17.5 Å². The molecule has 0 saturated carbocycles. The lowest BCUT2D eigenvalue weighted by atomic mass is 9.89. The van der Waals surface area contributed by atoms with Crippen molar-refractivity contribution in [3.63, 3.8) is 0 Å². The van der Waals surface area contributed by atoms with Gasteiger partial charge in [-0.2, -0.15) is 0 Å². The lowest BCUT2D eigenvalue weighted by molar-refractivity contribution is 0.0568. The monoisotopic (exact) mass is 296 g/mol. The summed E-state index contributed by atoms with van der Waals surface area (Å²) in [7, 11) is 1.35. The highest BCUT2D eigenvalue weighted by Crippen LogP contribution is 2.28. The topological polar surface area (TPSA) is 29.5 Å². The third kappa shape index (κ3) is 3.55. The van der Waals surface area contributed by atoms with Crippen molar-refractivity contribution in [3.05, 3.63) is 65.0 Å². The Morgan fingerprint density at radius 3 is 2.19 bits per heavy atom. The molecular formula is C16H15F3O2. The fraction of sp³-hybridized carbons (Fsp3) is 0.250. The Balaban J connectivity index is 2.30. The van der Waals surface area contributed by atoms with Crippen LogP contribution in [0.3, 0.4) is 0 Å². The Hall–Kier alpha value is -2.01. The van der Waals surface area contributed by atoms with Crippen LogP contribution in [-0.2, 0) is 12.0 Å². The van der Waals surface area contributed by atoms with Gasteiger partial charge < -0.3 is 9.84 Å². The maximum absolute atomic E-state index is 13.6. The first-order valence-electron chi connectivity index (χ1n) is 6.33. The second kappa shape index (κ2) is 5.77. The van der Waals surface area contributed by atoms with E-state index < -0.39 is 23.1 Å². The normalized spacial score (nSPS) is 13.8. The van der Waals surface area contributed by atoms with Gasteiger partial charge in [-0.3, -0.25) is 0 Å². The van der Waals surface area contributed by atoms with Gasteiger partial charge in [0.1, 0.15) is 11.6 Å². The summed E-state index contributed by atoms with van der Waals surface area (Å²) >= 11 is 0. The molecule has 2 aromatic carbocycles. The lowest BCUT2D eigenvalue weighted by Crippen LogP contribution is -2.24. The highest BCUT2D eigenvalue weighted by Gasteiger charge is 2.25. The van der Waals surface area contributed by atoms with E-state index in [4.69, 9.17) is 4.74 Å². The van der Waals surface area contributed by atoms with Gasteiger partial charge in [0.2, 0.25) is 0 Å². The van der Waals surface area contributed by atoms with E-state index in [-0.39, 0.29) is 17.7 Å². The van der Waals surface area contributed by atoms with Crippen LogP contribution >= 0.6 is 0 Å². The van der Waals surface area contributed by atoms with Crippen LogP contribution in [0.15, 0.2) is 36.4 Å². The second-order valence-electron chi connectivity index (χ2n) is 5.08. The molecule has 0 aliphatic heterocycles. The highest BCUT2D eigenvalue weighted by molar-refractivity contribution is 5.32. The summed E-state index contributed by atoms with van der Waals surface area (Å²) in [5.74, 6) is -2.01. The standard InChI is InChI=1S/C16H15F3O2/c1-16(20,11-6-12(17)8-13(18)7-11)9-10-3-4-15(21-2)14(19)5-10/h3-8,20H,9H2,1-2H3. The molecule has 0 saturated heterocycles. The van der Waals surface area contributed by atoms with Crippen molar-refractivity contribution < 1.29 is 23.0 Å². The van der Waals surface area contributed by atoms with Crippen LogP contribution in [0.1, 0.15) is 18.1 Å². The molecule has 1 unspecified atom stereocenters. The Kier molecular flexibility index (Phi) is 4.23. The van der Waals surface area contributed by atoms with Gasteiger partial charge in [-0.25, -0.2) is 13.2 Å². The predicted octanol–water partition coefficient (Wildman–Crippen LogP) is 3.56. The van der Waals surface area contributed by atoms with Crippen molar-refractivity contribution in [2.24, 2.45) is 0 Å². The third-order valence-electron chi connectivity index (χ3n) is 3.25. The molecule has 2 aromatic rings. The zero-order valence-electron chi connectivity index (χ0n) is 11.7. The Morgan fingerprint density at radius 1 is 1.05 bits per heavy atom. The second-order valence-corrected chi connectivity index (χ2v) is 5.08. The smallest absolute Gasteiger partial charge is 0.165 e. The van der Waals surface area contributed by atoms with Crippen LogP contribution in [0.25, 0.3) is 0 Å². The van der Waals surface area contributed by atoms with Gasteiger partial charge in [-0.05, 0) is 42.3 Å². The summed E-state index contributed by atoms with van der Waals surface area (Å²) in [6.45, 7) is 1.42. The zero-order valence-corrected chi connectivity index (χ0v) is 11.7. The maximum atomic E-state index is 13.6. The first-order chi connectivity index (χ1) is 9.81. The number of aliphatic hydroxyl groups is 1. The van der Waals surface area contributed by atoms with E-state index in [0.29, 0.717) is 5.56 Å². The van der Waals surface area contributed by atoms with E-state index in [1.54, 1.807) is 6.07 Å². The van der Waals surface area contributed by atoms with E-state index in [0.717, 1.165) is 18.2 Å². The summed E-state index contributed by atoms with van der Waals surface area (Å²) in [5, 5.41) is 10.4. The lowest BCUT2D eigenvalue weighted by Gasteiger charge is -2.24. The minimum Gasteiger partial charge on any atom is -0.494 e. The summed E-state index contributed by atoms with van der Waals surface area (Å²) < 4.78 is 44.9. The fourth-order valence-electron chi connectivity index (χ4n) is 2.18. The number of methoxy groups -OCH3 is 1. The molecule has 0 bridgehead atoms. The molecular weight excluding hydrogens is 281 g/mol. The van der Waals surface area contributed by atoms with E-state index in [1.165, 1.54) is 26.2 Å². The minimum atomic E-state index is -1.52. The molecule has 0 fully saturated rings. The number of hydrogen-bond acceptors (Lipinski definition) is 2. The summed E-state index contributed by atoms with van der Waals surface area (Å²) in [4.78, 5) is 0. The summed E-state index contributed by atoms with van der Waals surface area (Å²) in [6, 6.07) is 7.10. The predicted molar refractivity (Wildman–Crippen MR) is 72.6 cm³/mol. The molecule has 1 N–H and O–H groups in total. The quantitative estimate of drug-likeness (QED) is 0.934. The molecule has 5 heteroatoms.